The highest BCUT2D eigenvalue weighted by Gasteiger charge is 2.18. The zero-order chi connectivity index (χ0) is 15.3. The molecule has 0 aliphatic carbocycles. The molecule has 20 heavy (non-hydrogen) atoms. The summed E-state index contributed by atoms with van der Waals surface area (Å²) in [6, 6.07) is 2.28. The first-order valence-corrected chi connectivity index (χ1v) is 8.65. The van der Waals surface area contributed by atoms with Crippen molar-refractivity contribution in [3.05, 3.63) is 22.2 Å². The van der Waals surface area contributed by atoms with Crippen molar-refractivity contribution in [1.29, 1.82) is 0 Å². The second kappa shape index (κ2) is 7.36. The summed E-state index contributed by atoms with van der Waals surface area (Å²) in [4.78, 5) is 11.1. The number of ether oxygens (including phenoxy) is 1. The molecule has 1 rings (SSSR count). The summed E-state index contributed by atoms with van der Waals surface area (Å²) >= 11 is 11.6. The van der Waals surface area contributed by atoms with Crippen molar-refractivity contribution < 1.29 is 17.9 Å². The number of hydrogen-bond donors (Lipinski definition) is 1. The van der Waals surface area contributed by atoms with Crippen LogP contribution in [0.3, 0.4) is 0 Å². The maximum atomic E-state index is 11.4. The van der Waals surface area contributed by atoms with Crippen LogP contribution in [0.5, 0.6) is 5.75 Å². The molecule has 0 atom stereocenters. The average Bonchev–Trinajstić information content (AvgIpc) is 2.35. The number of nitrogens with one attached hydrogen (secondary N) is 1. The molecule has 1 amide bonds. The van der Waals surface area contributed by atoms with Crippen molar-refractivity contribution in [3.8, 4) is 5.75 Å². The van der Waals surface area contributed by atoms with Gasteiger partial charge in [-0.15, -0.1) is 0 Å². The molecular weight excluding hydrogens is 349 g/mol. The first kappa shape index (κ1) is 17.4. The van der Waals surface area contributed by atoms with Crippen molar-refractivity contribution in [1.82, 2.24) is 5.32 Å². The van der Waals surface area contributed by atoms with Gasteiger partial charge in [-0.25, -0.2) is 8.42 Å². The second-order valence-electron chi connectivity index (χ2n) is 3.79. The number of hydrogen-bond acceptors (Lipinski definition) is 4. The lowest BCUT2D eigenvalue weighted by atomic mass is 10.3. The van der Waals surface area contributed by atoms with Crippen LogP contribution in [0, 0.1) is 0 Å². The number of halogens is 3. The van der Waals surface area contributed by atoms with Gasteiger partial charge in [0.2, 0.25) is 0 Å². The minimum atomic E-state index is -4.00. The summed E-state index contributed by atoms with van der Waals surface area (Å²) < 4.78 is 27.6. The molecule has 0 heterocycles. The molecule has 0 aromatic heterocycles. The summed E-state index contributed by atoms with van der Waals surface area (Å²) in [6.07, 6.45) is 0.806. The monoisotopic (exact) mass is 359 g/mol. The first-order chi connectivity index (χ1) is 9.25. The molecule has 0 fully saturated rings. The van der Waals surface area contributed by atoms with Crippen LogP contribution in [0.1, 0.15) is 13.3 Å². The van der Waals surface area contributed by atoms with E-state index in [1.807, 2.05) is 6.92 Å². The summed E-state index contributed by atoms with van der Waals surface area (Å²) in [5, 5.41) is 2.48. The lowest BCUT2D eigenvalue weighted by Crippen LogP contribution is -2.29. The summed E-state index contributed by atoms with van der Waals surface area (Å²) in [7, 11) is 1.20. The molecule has 0 spiro atoms. The molecule has 1 aromatic carbocycles. The topological polar surface area (TPSA) is 72.5 Å². The fraction of sp³-hybridized carbons (Fsp3) is 0.364. The Balaban J connectivity index is 2.83. The predicted octanol–water partition coefficient (Wildman–Crippen LogP) is 2.83. The molecule has 1 N–H and O–H groups in total. The van der Waals surface area contributed by atoms with Gasteiger partial charge in [-0.1, -0.05) is 30.1 Å². The van der Waals surface area contributed by atoms with Crippen LogP contribution in [0.2, 0.25) is 10.0 Å². The van der Waals surface area contributed by atoms with E-state index in [9.17, 15) is 13.2 Å². The van der Waals surface area contributed by atoms with Gasteiger partial charge in [0, 0.05) is 23.3 Å². The maximum Gasteiger partial charge on any atom is 0.262 e. The highest BCUT2D eigenvalue weighted by atomic mass is 35.7. The highest BCUT2D eigenvalue weighted by molar-refractivity contribution is 8.13. The van der Waals surface area contributed by atoms with Gasteiger partial charge in [0.25, 0.3) is 15.0 Å². The van der Waals surface area contributed by atoms with E-state index in [1.54, 1.807) is 0 Å². The number of amides is 1. The third-order valence-corrected chi connectivity index (χ3v) is 4.26. The molecule has 0 saturated carbocycles. The fourth-order valence-electron chi connectivity index (χ4n) is 1.27. The van der Waals surface area contributed by atoms with E-state index in [4.69, 9.17) is 38.6 Å². The van der Waals surface area contributed by atoms with Crippen LogP contribution in [0.4, 0.5) is 0 Å². The molecular formula is C11H12Cl3NO4S. The van der Waals surface area contributed by atoms with Crippen LogP contribution in [-0.2, 0) is 13.8 Å². The van der Waals surface area contributed by atoms with Gasteiger partial charge in [-0.05, 0) is 12.5 Å². The lowest BCUT2D eigenvalue weighted by Gasteiger charge is -2.10. The SMILES string of the molecule is CCCNC(=O)COc1cc(Cl)c(S(=O)(=O)Cl)cc1Cl. The van der Waals surface area contributed by atoms with Gasteiger partial charge in [-0.2, -0.15) is 0 Å². The van der Waals surface area contributed by atoms with E-state index in [1.165, 1.54) is 6.07 Å². The average molecular weight is 361 g/mol. The Morgan fingerprint density at radius 2 is 1.95 bits per heavy atom. The van der Waals surface area contributed by atoms with Crippen molar-refractivity contribution in [2.75, 3.05) is 13.2 Å². The summed E-state index contributed by atoms with van der Waals surface area (Å²) in [6.45, 7) is 2.21. The number of benzene rings is 1. The number of rotatable bonds is 6. The van der Waals surface area contributed by atoms with Crippen LogP contribution >= 0.6 is 33.9 Å². The molecule has 0 saturated heterocycles. The standard InChI is InChI=1S/C11H12Cl3NO4S/c1-2-3-15-11(16)6-19-9-4-8(13)10(5-7(9)12)20(14,17)18/h4-5H,2-3,6H2,1H3,(H,15,16). The minimum absolute atomic E-state index is 0.00286. The first-order valence-electron chi connectivity index (χ1n) is 5.59. The molecule has 0 aliphatic heterocycles. The quantitative estimate of drug-likeness (QED) is 0.792. The molecule has 5 nitrogen and oxygen atoms in total. The molecule has 112 valence electrons. The lowest BCUT2D eigenvalue weighted by molar-refractivity contribution is -0.123. The van der Waals surface area contributed by atoms with Crippen LogP contribution < -0.4 is 10.1 Å². The van der Waals surface area contributed by atoms with Crippen molar-refractivity contribution in [3.63, 3.8) is 0 Å². The summed E-state index contributed by atoms with van der Waals surface area (Å²) in [5.41, 5.74) is 0. The van der Waals surface area contributed by atoms with Crippen LogP contribution in [-0.4, -0.2) is 27.5 Å². The van der Waals surface area contributed by atoms with E-state index in [-0.39, 0.29) is 33.2 Å². The third-order valence-electron chi connectivity index (χ3n) is 2.18. The van der Waals surface area contributed by atoms with E-state index in [2.05, 4.69) is 5.32 Å². The molecule has 0 unspecified atom stereocenters. The van der Waals surface area contributed by atoms with E-state index >= 15 is 0 Å². The molecule has 0 radical (unpaired) electrons. The van der Waals surface area contributed by atoms with Gasteiger partial charge in [0.1, 0.15) is 10.6 Å². The van der Waals surface area contributed by atoms with Gasteiger partial charge in [0.05, 0.1) is 10.0 Å². The number of carbonyl (C=O) groups is 1. The normalized spacial score (nSPS) is 11.2. The van der Waals surface area contributed by atoms with Crippen molar-refractivity contribution in [2.24, 2.45) is 0 Å². The Morgan fingerprint density at radius 1 is 1.30 bits per heavy atom. The van der Waals surface area contributed by atoms with Crippen LogP contribution in [0.15, 0.2) is 17.0 Å². The number of carbonyl (C=O) groups excluding carboxylic acids is 1. The molecule has 1 aromatic rings. The molecule has 9 heteroatoms. The Hall–Kier alpha value is -0.690. The Kier molecular flexibility index (Phi) is 6.39. The van der Waals surface area contributed by atoms with E-state index in [0.29, 0.717) is 6.54 Å². The maximum absolute atomic E-state index is 11.4. The third kappa shape index (κ3) is 5.01. The van der Waals surface area contributed by atoms with E-state index < -0.39 is 9.05 Å². The largest absolute Gasteiger partial charge is 0.482 e. The van der Waals surface area contributed by atoms with Crippen molar-refractivity contribution in [2.45, 2.75) is 18.2 Å². The second-order valence-corrected chi connectivity index (χ2v) is 7.14. The zero-order valence-corrected chi connectivity index (χ0v) is 13.5. The zero-order valence-electron chi connectivity index (χ0n) is 10.5. The van der Waals surface area contributed by atoms with E-state index in [0.717, 1.165) is 12.5 Å². The Morgan fingerprint density at radius 3 is 2.50 bits per heavy atom. The van der Waals surface area contributed by atoms with Gasteiger partial charge in [-0.3, -0.25) is 4.79 Å². The van der Waals surface area contributed by atoms with Gasteiger partial charge in [0.15, 0.2) is 6.61 Å². The smallest absolute Gasteiger partial charge is 0.262 e. The predicted molar refractivity (Wildman–Crippen MR) is 78.3 cm³/mol. The fourth-order valence-corrected chi connectivity index (χ4v) is 3.06. The molecule has 0 bridgehead atoms. The van der Waals surface area contributed by atoms with Crippen LogP contribution in [0.25, 0.3) is 0 Å². The van der Waals surface area contributed by atoms with Crippen molar-refractivity contribution >= 4 is 48.8 Å². The minimum Gasteiger partial charge on any atom is -0.482 e. The Bertz CT molecular complexity index is 604. The van der Waals surface area contributed by atoms with Gasteiger partial charge < -0.3 is 10.1 Å². The molecule has 0 aliphatic rings. The Labute approximate surface area is 131 Å². The highest BCUT2D eigenvalue weighted by Crippen LogP contribution is 2.34. The summed E-state index contributed by atoms with van der Waals surface area (Å²) in [5.74, 6) is -0.208. The van der Waals surface area contributed by atoms with Gasteiger partial charge >= 0.3 is 0 Å².